The van der Waals surface area contributed by atoms with E-state index in [4.69, 9.17) is 11.6 Å². The predicted octanol–water partition coefficient (Wildman–Crippen LogP) is 4.26. The molecule has 0 bridgehead atoms. The normalized spacial score (nSPS) is 11.4. The summed E-state index contributed by atoms with van der Waals surface area (Å²) in [5.74, 6) is 0. The van der Waals surface area contributed by atoms with Crippen molar-refractivity contribution in [2.75, 3.05) is 0 Å². The maximum atomic E-state index is 5.90. The highest BCUT2D eigenvalue weighted by Crippen LogP contribution is 2.29. The lowest BCUT2D eigenvalue weighted by Crippen LogP contribution is -1.78. The molecule has 4 aromatic rings. The fourth-order valence-electron chi connectivity index (χ4n) is 2.12. The summed E-state index contributed by atoms with van der Waals surface area (Å²) in [6, 6.07) is 9.74. The highest BCUT2D eigenvalue weighted by Gasteiger charge is 2.09. The average Bonchev–Trinajstić information content (AvgIpc) is 2.97. The fraction of sp³-hybridized carbons (Fsp3) is 0. The summed E-state index contributed by atoms with van der Waals surface area (Å²) in [6.45, 7) is 0. The number of nitrogens with zero attached hydrogens (tertiary/aromatic N) is 3. The van der Waals surface area contributed by atoms with E-state index in [1.54, 1.807) is 17.5 Å². The molecule has 0 saturated heterocycles. The van der Waals surface area contributed by atoms with Gasteiger partial charge in [0.05, 0.1) is 15.9 Å². The predicted molar refractivity (Wildman–Crippen MR) is 78.8 cm³/mol. The fourth-order valence-corrected chi connectivity index (χ4v) is 3.22. The summed E-state index contributed by atoms with van der Waals surface area (Å²) >= 11 is 7.55. The van der Waals surface area contributed by atoms with Gasteiger partial charge in [-0.3, -0.25) is 9.38 Å². The molecule has 0 N–H and O–H groups in total. The van der Waals surface area contributed by atoms with E-state index in [1.165, 1.54) is 0 Å². The molecule has 3 aromatic heterocycles. The molecule has 0 spiro atoms. The molecule has 1 aromatic carbocycles. The molecule has 3 nitrogen and oxygen atoms in total. The molecule has 0 fully saturated rings. The molecule has 4 rings (SSSR count). The first-order valence-corrected chi connectivity index (χ1v) is 6.98. The van der Waals surface area contributed by atoms with Crippen LogP contribution in [0.25, 0.3) is 26.4 Å². The van der Waals surface area contributed by atoms with Crippen molar-refractivity contribution >= 4 is 38.1 Å². The van der Waals surface area contributed by atoms with E-state index < -0.39 is 0 Å². The molecule has 0 radical (unpaired) electrons. The van der Waals surface area contributed by atoms with E-state index in [0.29, 0.717) is 0 Å². The Balaban J connectivity index is 1.94. The summed E-state index contributed by atoms with van der Waals surface area (Å²) in [5, 5.41) is 0.737. The van der Waals surface area contributed by atoms with Gasteiger partial charge in [0.2, 0.25) is 0 Å². The number of halogens is 1. The lowest BCUT2D eigenvalue weighted by molar-refractivity contribution is 1.28. The van der Waals surface area contributed by atoms with E-state index in [0.717, 1.165) is 31.5 Å². The number of rotatable bonds is 1. The number of imidazole rings is 1. The lowest BCUT2D eigenvalue weighted by atomic mass is 10.2. The minimum Gasteiger partial charge on any atom is -0.290 e. The monoisotopic (exact) mass is 285 g/mol. The molecule has 0 aliphatic carbocycles. The van der Waals surface area contributed by atoms with Crippen LogP contribution in [0.2, 0.25) is 5.02 Å². The van der Waals surface area contributed by atoms with Crippen LogP contribution in [0.15, 0.2) is 48.9 Å². The number of hydrogen-bond donors (Lipinski definition) is 0. The standard InChI is InChI=1S/C14H8ClN3S/c15-10-3-1-9(2-4-10)11-8-18-12-5-6-16-7-13(12)19-14(18)17-11/h1-8H. The third-order valence-corrected chi connectivity index (χ3v) is 4.29. The Labute approximate surface area is 118 Å². The van der Waals surface area contributed by atoms with Gasteiger partial charge in [0.25, 0.3) is 0 Å². The second-order valence-corrected chi connectivity index (χ2v) is 5.68. The molecular formula is C14H8ClN3S. The van der Waals surface area contributed by atoms with Gasteiger partial charge in [-0.2, -0.15) is 0 Å². The van der Waals surface area contributed by atoms with Gasteiger partial charge in [-0.05, 0) is 18.2 Å². The maximum absolute atomic E-state index is 5.90. The Kier molecular flexibility index (Phi) is 2.33. The van der Waals surface area contributed by atoms with Crippen LogP contribution in [0.5, 0.6) is 0 Å². The Morgan fingerprint density at radius 1 is 1.11 bits per heavy atom. The van der Waals surface area contributed by atoms with Gasteiger partial charge in [0, 0.05) is 29.2 Å². The second-order valence-electron chi connectivity index (χ2n) is 4.23. The topological polar surface area (TPSA) is 30.2 Å². The summed E-state index contributed by atoms with van der Waals surface area (Å²) in [5.41, 5.74) is 3.17. The Morgan fingerprint density at radius 3 is 2.79 bits per heavy atom. The SMILES string of the molecule is Clc1ccc(-c2cn3c(n2)sc2cnccc23)cc1. The smallest absolute Gasteiger partial charge is 0.195 e. The average molecular weight is 286 g/mol. The van der Waals surface area contributed by atoms with Gasteiger partial charge >= 0.3 is 0 Å². The van der Waals surface area contributed by atoms with Crippen LogP contribution in [0.1, 0.15) is 0 Å². The Hall–Kier alpha value is -1.91. The van der Waals surface area contributed by atoms with Crippen LogP contribution in [-0.2, 0) is 0 Å². The van der Waals surface area contributed by atoms with Crippen molar-refractivity contribution in [1.29, 1.82) is 0 Å². The van der Waals surface area contributed by atoms with Gasteiger partial charge in [-0.25, -0.2) is 4.98 Å². The van der Waals surface area contributed by atoms with Crippen molar-refractivity contribution in [3.63, 3.8) is 0 Å². The molecule has 92 valence electrons. The minimum absolute atomic E-state index is 0.737. The molecule has 5 heteroatoms. The highest BCUT2D eigenvalue weighted by atomic mass is 35.5. The number of aromatic nitrogens is 3. The van der Waals surface area contributed by atoms with Crippen molar-refractivity contribution in [1.82, 2.24) is 14.4 Å². The van der Waals surface area contributed by atoms with Gasteiger partial charge < -0.3 is 0 Å². The molecule has 0 aliphatic heterocycles. The van der Waals surface area contributed by atoms with Crippen LogP contribution in [0.4, 0.5) is 0 Å². The largest absolute Gasteiger partial charge is 0.290 e. The van der Waals surface area contributed by atoms with Crippen molar-refractivity contribution in [3.05, 3.63) is 53.9 Å². The van der Waals surface area contributed by atoms with Crippen LogP contribution >= 0.6 is 22.9 Å². The number of pyridine rings is 1. The summed E-state index contributed by atoms with van der Waals surface area (Å²) in [4.78, 5) is 9.77. The van der Waals surface area contributed by atoms with E-state index in [-0.39, 0.29) is 0 Å². The zero-order valence-corrected chi connectivity index (χ0v) is 11.3. The quantitative estimate of drug-likeness (QED) is 0.523. The van der Waals surface area contributed by atoms with E-state index in [1.807, 2.05) is 36.5 Å². The first kappa shape index (κ1) is 11.0. The number of thiazole rings is 1. The number of benzene rings is 1. The molecule has 0 atom stereocenters. The van der Waals surface area contributed by atoms with Crippen LogP contribution < -0.4 is 0 Å². The van der Waals surface area contributed by atoms with Gasteiger partial charge in [-0.15, -0.1) is 0 Å². The molecular weight excluding hydrogens is 278 g/mol. The third-order valence-electron chi connectivity index (χ3n) is 3.04. The zero-order chi connectivity index (χ0) is 12.8. The van der Waals surface area contributed by atoms with E-state index in [9.17, 15) is 0 Å². The molecule has 0 unspecified atom stereocenters. The van der Waals surface area contributed by atoms with Crippen LogP contribution in [-0.4, -0.2) is 14.4 Å². The Bertz CT molecular complexity index is 877. The highest BCUT2D eigenvalue weighted by molar-refractivity contribution is 7.23. The first-order valence-electron chi connectivity index (χ1n) is 5.79. The molecule has 0 aliphatic rings. The third kappa shape index (κ3) is 1.72. The van der Waals surface area contributed by atoms with Crippen molar-refractivity contribution in [2.45, 2.75) is 0 Å². The molecule has 0 amide bonds. The van der Waals surface area contributed by atoms with E-state index in [2.05, 4.69) is 20.6 Å². The molecule has 3 heterocycles. The first-order chi connectivity index (χ1) is 9.31. The number of fused-ring (bicyclic) bond motifs is 3. The zero-order valence-electron chi connectivity index (χ0n) is 9.75. The molecule has 19 heavy (non-hydrogen) atoms. The van der Waals surface area contributed by atoms with Crippen LogP contribution in [0.3, 0.4) is 0 Å². The summed E-state index contributed by atoms with van der Waals surface area (Å²) in [7, 11) is 0. The second kappa shape index (κ2) is 4.05. The van der Waals surface area contributed by atoms with Crippen molar-refractivity contribution in [2.24, 2.45) is 0 Å². The van der Waals surface area contributed by atoms with Gasteiger partial charge in [-0.1, -0.05) is 35.1 Å². The van der Waals surface area contributed by atoms with Crippen LogP contribution in [0, 0.1) is 0 Å². The van der Waals surface area contributed by atoms with E-state index >= 15 is 0 Å². The van der Waals surface area contributed by atoms with Crippen molar-refractivity contribution in [3.8, 4) is 11.3 Å². The minimum atomic E-state index is 0.737. The number of hydrogen-bond acceptors (Lipinski definition) is 3. The van der Waals surface area contributed by atoms with Crippen molar-refractivity contribution < 1.29 is 0 Å². The lowest BCUT2D eigenvalue weighted by Gasteiger charge is -1.95. The van der Waals surface area contributed by atoms with Gasteiger partial charge in [0.15, 0.2) is 4.96 Å². The Morgan fingerprint density at radius 2 is 1.95 bits per heavy atom. The molecule has 0 saturated carbocycles. The maximum Gasteiger partial charge on any atom is 0.195 e. The summed E-state index contributed by atoms with van der Waals surface area (Å²) < 4.78 is 3.25. The van der Waals surface area contributed by atoms with Gasteiger partial charge in [0.1, 0.15) is 0 Å². The summed E-state index contributed by atoms with van der Waals surface area (Å²) in [6.07, 6.45) is 5.73.